The van der Waals surface area contributed by atoms with Crippen LogP contribution in [0.1, 0.15) is 11.1 Å². The van der Waals surface area contributed by atoms with Gasteiger partial charge in [0.25, 0.3) is 0 Å². The van der Waals surface area contributed by atoms with Gasteiger partial charge >= 0.3 is 0 Å². The Morgan fingerprint density at radius 1 is 0.356 bits per heavy atom. The topological polar surface area (TPSA) is 4.93 Å². The minimum absolute atomic E-state index is 0.354. The number of benzene rings is 8. The summed E-state index contributed by atoms with van der Waals surface area (Å²) in [4.78, 5) is 0. The highest BCUT2D eigenvalue weighted by Gasteiger charge is 2.21. The van der Waals surface area contributed by atoms with Gasteiger partial charge in [-0.05, 0) is 97.2 Å². The van der Waals surface area contributed by atoms with Crippen LogP contribution >= 0.6 is 0 Å². The van der Waals surface area contributed by atoms with Crippen LogP contribution in [0, 0.1) is 5.92 Å². The number of hydrogen-bond donors (Lipinski definition) is 0. The third-order valence-corrected chi connectivity index (χ3v) is 9.87. The number of hydrogen-bond acceptors (Lipinski definition) is 0. The van der Waals surface area contributed by atoms with Crippen molar-refractivity contribution in [3.8, 4) is 0 Å². The largest absolute Gasteiger partial charge is 0.340 e. The molecule has 1 aromatic heterocycles. The highest BCUT2D eigenvalue weighted by atomic mass is 15.0. The highest BCUT2D eigenvalue weighted by molar-refractivity contribution is 6.08. The molecule has 0 amide bonds. The van der Waals surface area contributed by atoms with E-state index in [0.717, 1.165) is 19.4 Å². The van der Waals surface area contributed by atoms with Crippen molar-refractivity contribution in [2.24, 2.45) is 5.92 Å². The zero-order valence-electron chi connectivity index (χ0n) is 25.2. The lowest BCUT2D eigenvalue weighted by atomic mass is 9.84. The average molecular weight is 576 g/mol. The molecular weight excluding hydrogens is 542 g/mol. The molecule has 0 spiro atoms. The molecule has 9 rings (SSSR count). The van der Waals surface area contributed by atoms with Gasteiger partial charge in [-0.25, -0.2) is 0 Å². The minimum Gasteiger partial charge on any atom is -0.340 e. The van der Waals surface area contributed by atoms with E-state index in [4.69, 9.17) is 0 Å². The Morgan fingerprint density at radius 3 is 1.04 bits per heavy atom. The van der Waals surface area contributed by atoms with Gasteiger partial charge in [-0.1, -0.05) is 133 Å². The van der Waals surface area contributed by atoms with E-state index in [2.05, 4.69) is 162 Å². The Labute approximate surface area is 263 Å². The molecule has 0 aliphatic rings. The van der Waals surface area contributed by atoms with E-state index in [9.17, 15) is 0 Å². The van der Waals surface area contributed by atoms with Gasteiger partial charge < -0.3 is 4.57 Å². The molecule has 0 radical (unpaired) electrons. The molecule has 8 aromatic carbocycles. The fourth-order valence-corrected chi connectivity index (χ4v) is 7.89. The van der Waals surface area contributed by atoms with Gasteiger partial charge in [0.2, 0.25) is 0 Å². The fraction of sp³-hybridized carbons (Fsp3) is 0.0909. The first-order valence-electron chi connectivity index (χ1n) is 16.1. The summed E-state index contributed by atoms with van der Waals surface area (Å²) in [6.07, 6.45) is 1.97. The molecule has 0 bridgehead atoms. The quantitative estimate of drug-likeness (QED) is 0.174. The molecule has 1 heterocycles. The fourth-order valence-electron chi connectivity index (χ4n) is 7.89. The maximum absolute atomic E-state index is 2.59. The zero-order valence-corrected chi connectivity index (χ0v) is 25.2. The van der Waals surface area contributed by atoms with E-state index in [1.165, 1.54) is 76.0 Å². The Kier molecular flexibility index (Phi) is 6.16. The van der Waals surface area contributed by atoms with Gasteiger partial charge in [-0.15, -0.1) is 0 Å². The second-order valence-corrected chi connectivity index (χ2v) is 12.5. The lowest BCUT2D eigenvalue weighted by Gasteiger charge is -2.23. The van der Waals surface area contributed by atoms with Crippen molar-refractivity contribution in [2.45, 2.75) is 19.4 Å². The van der Waals surface area contributed by atoms with Gasteiger partial charge in [0, 0.05) is 28.4 Å². The molecule has 9 aromatic rings. The molecule has 0 aliphatic heterocycles. The molecule has 214 valence electrons. The third-order valence-electron chi connectivity index (χ3n) is 9.87. The van der Waals surface area contributed by atoms with Crippen LogP contribution in [0.3, 0.4) is 0 Å². The lowest BCUT2D eigenvalue weighted by molar-refractivity contribution is 0.457. The summed E-state index contributed by atoms with van der Waals surface area (Å²) in [6.45, 7) is 0.934. The van der Waals surface area contributed by atoms with Crippen LogP contribution < -0.4 is 0 Å². The summed E-state index contributed by atoms with van der Waals surface area (Å²) in [5.74, 6) is 0.354. The molecule has 0 N–H and O–H groups in total. The molecular formula is C44H33N. The van der Waals surface area contributed by atoms with Crippen molar-refractivity contribution in [3.63, 3.8) is 0 Å². The van der Waals surface area contributed by atoms with Crippen molar-refractivity contribution in [1.82, 2.24) is 4.57 Å². The molecule has 1 nitrogen and oxygen atoms in total. The first kappa shape index (κ1) is 26.0. The number of nitrogens with zero attached hydrogens (tertiary/aromatic N) is 1. The predicted molar refractivity (Wildman–Crippen MR) is 193 cm³/mol. The number of aromatic nitrogens is 1. The van der Waals surface area contributed by atoms with Gasteiger partial charge in [-0.3, -0.25) is 0 Å². The number of para-hydroxylation sites is 2. The smallest absolute Gasteiger partial charge is 0.0491 e. The molecule has 0 fully saturated rings. The summed E-state index contributed by atoms with van der Waals surface area (Å²) < 4.78 is 2.59. The van der Waals surface area contributed by atoms with Crippen molar-refractivity contribution in [1.29, 1.82) is 0 Å². The molecule has 1 heteroatoms. The maximum atomic E-state index is 2.59. The first-order chi connectivity index (χ1) is 22.3. The van der Waals surface area contributed by atoms with Gasteiger partial charge in [-0.2, -0.15) is 0 Å². The molecule has 0 saturated heterocycles. The van der Waals surface area contributed by atoms with Crippen molar-refractivity contribution in [3.05, 3.63) is 169 Å². The van der Waals surface area contributed by atoms with Crippen LogP contribution in [0.25, 0.3) is 64.9 Å². The zero-order chi connectivity index (χ0) is 29.7. The van der Waals surface area contributed by atoms with Crippen molar-refractivity contribution >= 4 is 64.9 Å². The van der Waals surface area contributed by atoms with E-state index in [1.54, 1.807) is 0 Å². The predicted octanol–water partition coefficient (Wildman–Crippen LogP) is 11.5. The summed E-state index contributed by atoms with van der Waals surface area (Å²) >= 11 is 0. The Morgan fingerprint density at radius 2 is 0.667 bits per heavy atom. The molecule has 0 atom stereocenters. The van der Waals surface area contributed by atoms with E-state index < -0.39 is 0 Å². The summed E-state index contributed by atoms with van der Waals surface area (Å²) in [5.41, 5.74) is 5.54. The monoisotopic (exact) mass is 575 g/mol. The molecule has 0 unspecified atom stereocenters. The standard InChI is InChI=1S/C44H33N/c1-5-17-35-31(13-1)27-32-14-2-6-18-36(32)41(35)25-30(29-45-43-23-11-9-21-39(43)40-22-10-12-24-44(40)45)26-42-37-19-7-3-15-33(37)28-34-16-4-8-20-38(34)42/h1-24,27-28,30H,25-26,29H2. The van der Waals surface area contributed by atoms with Crippen molar-refractivity contribution < 1.29 is 0 Å². The van der Waals surface area contributed by atoms with E-state index in [1.807, 2.05) is 0 Å². The Bertz CT molecular complexity index is 2250. The van der Waals surface area contributed by atoms with E-state index in [0.29, 0.717) is 5.92 Å². The Hall–Kier alpha value is -5.40. The maximum Gasteiger partial charge on any atom is 0.0491 e. The van der Waals surface area contributed by atoms with E-state index >= 15 is 0 Å². The van der Waals surface area contributed by atoms with Gasteiger partial charge in [0.15, 0.2) is 0 Å². The summed E-state index contributed by atoms with van der Waals surface area (Å²) in [5, 5.41) is 13.4. The summed E-state index contributed by atoms with van der Waals surface area (Å²) in [6, 6.07) is 58.4. The lowest BCUT2D eigenvalue weighted by Crippen LogP contribution is -2.17. The van der Waals surface area contributed by atoms with Crippen LogP contribution in [-0.4, -0.2) is 4.57 Å². The Balaban J connectivity index is 1.28. The summed E-state index contributed by atoms with van der Waals surface area (Å²) in [7, 11) is 0. The van der Waals surface area contributed by atoms with Crippen LogP contribution in [0.15, 0.2) is 158 Å². The second kappa shape index (κ2) is 10.6. The van der Waals surface area contributed by atoms with Crippen LogP contribution in [0.2, 0.25) is 0 Å². The SMILES string of the molecule is c1ccc2c(CC(Cc3c4ccccc4cc4ccccc34)Cn3c4ccccc4c4ccccc43)c3ccccc3cc2c1. The normalized spacial score (nSPS) is 12.0. The number of fused-ring (bicyclic) bond motifs is 7. The van der Waals surface area contributed by atoms with Crippen LogP contribution in [0.5, 0.6) is 0 Å². The molecule has 0 saturated carbocycles. The van der Waals surface area contributed by atoms with Crippen LogP contribution in [-0.2, 0) is 19.4 Å². The van der Waals surface area contributed by atoms with E-state index in [-0.39, 0.29) is 0 Å². The minimum atomic E-state index is 0.354. The highest BCUT2D eigenvalue weighted by Crippen LogP contribution is 2.37. The van der Waals surface area contributed by atoms with Gasteiger partial charge in [0.05, 0.1) is 0 Å². The average Bonchev–Trinajstić information content (AvgIpc) is 3.41. The molecule has 45 heavy (non-hydrogen) atoms. The van der Waals surface area contributed by atoms with Crippen molar-refractivity contribution in [2.75, 3.05) is 0 Å². The third kappa shape index (κ3) is 4.38. The second-order valence-electron chi connectivity index (χ2n) is 12.5. The first-order valence-corrected chi connectivity index (χ1v) is 16.1. The van der Waals surface area contributed by atoms with Gasteiger partial charge in [0.1, 0.15) is 0 Å². The molecule has 0 aliphatic carbocycles. The van der Waals surface area contributed by atoms with Crippen LogP contribution in [0.4, 0.5) is 0 Å². The number of rotatable bonds is 6.